The Morgan fingerprint density at radius 2 is 2.00 bits per heavy atom. The summed E-state index contributed by atoms with van der Waals surface area (Å²) < 4.78 is 18.2. The lowest BCUT2D eigenvalue weighted by Gasteiger charge is -2.04. The third-order valence-electron chi connectivity index (χ3n) is 2.11. The predicted octanol–water partition coefficient (Wildman–Crippen LogP) is 2.50. The van der Waals surface area contributed by atoms with Crippen molar-refractivity contribution in [1.29, 1.82) is 0 Å². The lowest BCUT2D eigenvalue weighted by Crippen LogP contribution is -2.01. The number of hydrogen-bond donors (Lipinski definition) is 0. The largest absolute Gasteiger partial charge is 0.459 e. The van der Waals surface area contributed by atoms with Crippen LogP contribution in [0.2, 0.25) is 0 Å². The highest BCUT2D eigenvalue weighted by atomic mass is 19.1. The molecular formula is C12H11FN2O. The molecular weight excluding hydrogens is 207 g/mol. The predicted molar refractivity (Wildman–Crippen MR) is 57.5 cm³/mol. The van der Waals surface area contributed by atoms with Crippen molar-refractivity contribution in [2.24, 2.45) is 0 Å². The van der Waals surface area contributed by atoms with Crippen LogP contribution in [-0.2, 0) is 6.61 Å². The molecule has 0 saturated carbocycles. The number of halogens is 1. The molecule has 0 spiro atoms. The molecule has 1 aromatic heterocycles. The Hall–Kier alpha value is -1.97. The lowest BCUT2D eigenvalue weighted by molar-refractivity contribution is 0.278. The maximum Gasteiger partial charge on any atom is 0.317 e. The molecule has 1 aromatic carbocycles. The Balaban J connectivity index is 2.03. The van der Waals surface area contributed by atoms with Crippen molar-refractivity contribution < 1.29 is 9.13 Å². The monoisotopic (exact) mass is 218 g/mol. The number of rotatable bonds is 3. The van der Waals surface area contributed by atoms with Gasteiger partial charge in [0.25, 0.3) is 0 Å². The van der Waals surface area contributed by atoms with E-state index in [2.05, 4.69) is 9.97 Å². The summed E-state index contributed by atoms with van der Waals surface area (Å²) in [5, 5.41) is 0. The van der Waals surface area contributed by atoms with Crippen molar-refractivity contribution in [3.63, 3.8) is 0 Å². The van der Waals surface area contributed by atoms with Crippen LogP contribution in [0.3, 0.4) is 0 Å². The minimum atomic E-state index is -0.424. The molecule has 2 aromatic rings. The van der Waals surface area contributed by atoms with Crippen molar-refractivity contribution in [3.05, 3.63) is 53.6 Å². The van der Waals surface area contributed by atoms with Gasteiger partial charge in [0.15, 0.2) is 5.82 Å². The molecule has 0 fully saturated rings. The zero-order chi connectivity index (χ0) is 11.4. The maximum atomic E-state index is 12.9. The molecule has 0 aliphatic heterocycles. The first-order valence-electron chi connectivity index (χ1n) is 4.91. The molecule has 0 saturated heterocycles. The molecule has 0 radical (unpaired) electrons. The molecule has 0 aliphatic rings. The van der Waals surface area contributed by atoms with E-state index in [0.717, 1.165) is 11.8 Å². The Morgan fingerprint density at radius 1 is 1.25 bits per heavy atom. The molecule has 16 heavy (non-hydrogen) atoms. The van der Waals surface area contributed by atoms with Gasteiger partial charge < -0.3 is 4.74 Å². The second kappa shape index (κ2) is 4.70. The minimum absolute atomic E-state index is 0.197. The summed E-state index contributed by atoms with van der Waals surface area (Å²) in [6.07, 6.45) is 1.11. The summed E-state index contributed by atoms with van der Waals surface area (Å²) >= 11 is 0. The summed E-state index contributed by atoms with van der Waals surface area (Å²) in [7, 11) is 0. The molecule has 1 heterocycles. The molecule has 0 atom stereocenters. The molecule has 0 amide bonds. The second-order valence-electron chi connectivity index (χ2n) is 3.36. The van der Waals surface area contributed by atoms with Crippen LogP contribution in [0.1, 0.15) is 11.3 Å². The normalized spacial score (nSPS) is 10.1. The number of aryl methyl sites for hydroxylation is 1. The minimum Gasteiger partial charge on any atom is -0.459 e. The van der Waals surface area contributed by atoms with Gasteiger partial charge in [-0.25, -0.2) is 9.37 Å². The Morgan fingerprint density at radius 3 is 2.69 bits per heavy atom. The summed E-state index contributed by atoms with van der Waals surface area (Å²) in [5.74, 6) is -0.424. The fourth-order valence-corrected chi connectivity index (χ4v) is 1.22. The molecule has 0 N–H and O–H groups in total. The Kier molecular flexibility index (Phi) is 3.10. The third kappa shape index (κ3) is 2.53. The summed E-state index contributed by atoms with van der Waals surface area (Å²) in [5.41, 5.74) is 1.31. The summed E-state index contributed by atoms with van der Waals surface area (Å²) in [4.78, 5) is 7.63. The Bertz CT molecular complexity index is 474. The SMILES string of the molecule is Cc1nc(OCc2ccccc2)ncc1F. The maximum absolute atomic E-state index is 12.9. The average Bonchev–Trinajstić information content (AvgIpc) is 2.32. The van der Waals surface area contributed by atoms with Gasteiger partial charge in [-0.2, -0.15) is 4.98 Å². The van der Waals surface area contributed by atoms with E-state index in [-0.39, 0.29) is 11.7 Å². The molecule has 0 bridgehead atoms. The first-order valence-corrected chi connectivity index (χ1v) is 4.91. The van der Waals surface area contributed by atoms with Crippen LogP contribution in [0, 0.1) is 12.7 Å². The smallest absolute Gasteiger partial charge is 0.317 e. The Labute approximate surface area is 92.9 Å². The lowest BCUT2D eigenvalue weighted by atomic mass is 10.2. The van der Waals surface area contributed by atoms with Crippen LogP contribution in [0.15, 0.2) is 36.5 Å². The number of ether oxygens (including phenoxy) is 1. The first kappa shape index (κ1) is 10.5. The van der Waals surface area contributed by atoms with Gasteiger partial charge in [-0.1, -0.05) is 30.3 Å². The molecule has 0 aliphatic carbocycles. The van der Waals surface area contributed by atoms with Crippen molar-refractivity contribution in [2.45, 2.75) is 13.5 Å². The average molecular weight is 218 g/mol. The van der Waals surface area contributed by atoms with Crippen molar-refractivity contribution in [2.75, 3.05) is 0 Å². The molecule has 4 heteroatoms. The molecule has 3 nitrogen and oxygen atoms in total. The van der Waals surface area contributed by atoms with Crippen LogP contribution in [0.25, 0.3) is 0 Å². The number of aromatic nitrogens is 2. The van der Waals surface area contributed by atoms with Crippen molar-refractivity contribution >= 4 is 0 Å². The van der Waals surface area contributed by atoms with Crippen LogP contribution in [0.5, 0.6) is 6.01 Å². The van der Waals surface area contributed by atoms with E-state index in [1.807, 2.05) is 30.3 Å². The van der Waals surface area contributed by atoms with Crippen LogP contribution >= 0.6 is 0 Å². The second-order valence-corrected chi connectivity index (χ2v) is 3.36. The van der Waals surface area contributed by atoms with Gasteiger partial charge in [-0.3, -0.25) is 0 Å². The van der Waals surface area contributed by atoms with Crippen molar-refractivity contribution in [3.8, 4) is 6.01 Å². The zero-order valence-electron chi connectivity index (χ0n) is 8.85. The van der Waals surface area contributed by atoms with E-state index < -0.39 is 5.82 Å². The van der Waals surface area contributed by atoms with Crippen LogP contribution < -0.4 is 4.74 Å². The van der Waals surface area contributed by atoms with E-state index >= 15 is 0 Å². The number of nitrogens with zero attached hydrogens (tertiary/aromatic N) is 2. The fourth-order valence-electron chi connectivity index (χ4n) is 1.22. The summed E-state index contributed by atoms with van der Waals surface area (Å²) in [6, 6.07) is 9.86. The topological polar surface area (TPSA) is 35.0 Å². The van der Waals surface area contributed by atoms with E-state index in [9.17, 15) is 4.39 Å². The van der Waals surface area contributed by atoms with Gasteiger partial charge in [0.05, 0.1) is 11.9 Å². The highest BCUT2D eigenvalue weighted by Crippen LogP contribution is 2.09. The standard InChI is InChI=1S/C12H11FN2O/c1-9-11(13)7-14-12(15-9)16-8-10-5-3-2-4-6-10/h2-7H,8H2,1H3. The first-order chi connectivity index (χ1) is 7.75. The van der Waals surface area contributed by atoms with Gasteiger partial charge >= 0.3 is 6.01 Å². The van der Waals surface area contributed by atoms with Crippen LogP contribution in [0.4, 0.5) is 4.39 Å². The third-order valence-corrected chi connectivity index (χ3v) is 2.11. The number of benzene rings is 1. The molecule has 2 rings (SSSR count). The van der Waals surface area contributed by atoms with Gasteiger partial charge in [-0.05, 0) is 12.5 Å². The fraction of sp³-hybridized carbons (Fsp3) is 0.167. The number of hydrogen-bond acceptors (Lipinski definition) is 3. The van der Waals surface area contributed by atoms with Gasteiger partial charge in [0, 0.05) is 0 Å². The quantitative estimate of drug-likeness (QED) is 0.793. The highest BCUT2D eigenvalue weighted by Gasteiger charge is 2.03. The van der Waals surface area contributed by atoms with E-state index in [1.165, 1.54) is 0 Å². The molecule has 82 valence electrons. The highest BCUT2D eigenvalue weighted by molar-refractivity contribution is 5.14. The van der Waals surface area contributed by atoms with E-state index in [1.54, 1.807) is 6.92 Å². The molecule has 0 unspecified atom stereocenters. The van der Waals surface area contributed by atoms with Crippen molar-refractivity contribution in [1.82, 2.24) is 9.97 Å². The van der Waals surface area contributed by atoms with E-state index in [0.29, 0.717) is 6.61 Å². The zero-order valence-corrected chi connectivity index (χ0v) is 8.85. The van der Waals surface area contributed by atoms with Gasteiger partial charge in [-0.15, -0.1) is 0 Å². The van der Waals surface area contributed by atoms with Gasteiger partial charge in [0.1, 0.15) is 6.61 Å². The summed E-state index contributed by atoms with van der Waals surface area (Å²) in [6.45, 7) is 1.96. The van der Waals surface area contributed by atoms with Gasteiger partial charge in [0.2, 0.25) is 0 Å². The van der Waals surface area contributed by atoms with E-state index in [4.69, 9.17) is 4.74 Å². The van der Waals surface area contributed by atoms with Crippen LogP contribution in [-0.4, -0.2) is 9.97 Å².